The first-order valence-corrected chi connectivity index (χ1v) is 9.13. The number of amides is 2. The van der Waals surface area contributed by atoms with E-state index in [1.54, 1.807) is 32.4 Å². The number of anilines is 1. The van der Waals surface area contributed by atoms with E-state index < -0.39 is 23.8 Å². The number of pyridine rings is 1. The first-order chi connectivity index (χ1) is 13.2. The zero-order chi connectivity index (χ0) is 20.5. The highest BCUT2D eigenvalue weighted by Gasteiger charge is 2.30. The second-order valence-electron chi connectivity index (χ2n) is 7.78. The van der Waals surface area contributed by atoms with Crippen molar-refractivity contribution in [3.05, 3.63) is 53.9 Å². The SMILES string of the molecule is CC1Oc2ccc(C(c3ccncc3)N(C)C(=O)OC(C)(C)C)cc2NC1=O. The summed E-state index contributed by atoms with van der Waals surface area (Å²) >= 11 is 0. The molecule has 1 aromatic carbocycles. The zero-order valence-corrected chi connectivity index (χ0v) is 16.7. The fourth-order valence-electron chi connectivity index (χ4n) is 3.02. The Labute approximate surface area is 164 Å². The predicted molar refractivity (Wildman–Crippen MR) is 105 cm³/mol. The van der Waals surface area contributed by atoms with Gasteiger partial charge in [0, 0.05) is 19.4 Å². The summed E-state index contributed by atoms with van der Waals surface area (Å²) in [6.07, 6.45) is 2.37. The third-order valence-electron chi connectivity index (χ3n) is 4.34. The van der Waals surface area contributed by atoms with E-state index >= 15 is 0 Å². The molecule has 1 N–H and O–H groups in total. The zero-order valence-electron chi connectivity index (χ0n) is 16.7. The van der Waals surface area contributed by atoms with Gasteiger partial charge in [-0.15, -0.1) is 0 Å². The standard InChI is InChI=1S/C21H25N3O4/c1-13-19(25)23-16-12-15(6-7-17(16)27-13)18(14-8-10-22-11-9-14)24(5)20(26)28-21(2,3)4/h6-13,18H,1-5H3,(H,23,25). The van der Waals surface area contributed by atoms with Crippen LogP contribution < -0.4 is 10.1 Å². The molecule has 0 saturated heterocycles. The van der Waals surface area contributed by atoms with Gasteiger partial charge in [0.1, 0.15) is 11.4 Å². The largest absolute Gasteiger partial charge is 0.479 e. The molecule has 1 aromatic heterocycles. The van der Waals surface area contributed by atoms with Crippen LogP contribution >= 0.6 is 0 Å². The molecule has 7 heteroatoms. The molecule has 2 unspecified atom stereocenters. The topological polar surface area (TPSA) is 80.8 Å². The minimum Gasteiger partial charge on any atom is -0.479 e. The number of carbonyl (C=O) groups excluding carboxylic acids is 2. The van der Waals surface area contributed by atoms with Gasteiger partial charge >= 0.3 is 6.09 Å². The van der Waals surface area contributed by atoms with Crippen LogP contribution in [0.15, 0.2) is 42.7 Å². The fourth-order valence-corrected chi connectivity index (χ4v) is 3.02. The van der Waals surface area contributed by atoms with Crippen molar-refractivity contribution in [2.45, 2.75) is 45.4 Å². The minimum atomic E-state index is -0.609. The van der Waals surface area contributed by atoms with Crippen LogP contribution in [0.1, 0.15) is 44.9 Å². The molecule has 0 radical (unpaired) electrons. The van der Waals surface area contributed by atoms with Crippen LogP contribution in [0.4, 0.5) is 10.5 Å². The molecule has 0 saturated carbocycles. The Kier molecular flexibility index (Phi) is 5.27. The van der Waals surface area contributed by atoms with Crippen LogP contribution in [0.3, 0.4) is 0 Å². The lowest BCUT2D eigenvalue weighted by molar-refractivity contribution is -0.122. The molecule has 1 aliphatic heterocycles. The first kappa shape index (κ1) is 19.7. The summed E-state index contributed by atoms with van der Waals surface area (Å²) in [5.74, 6) is 0.398. The maximum atomic E-state index is 12.7. The van der Waals surface area contributed by atoms with Gasteiger partial charge in [0.15, 0.2) is 6.10 Å². The summed E-state index contributed by atoms with van der Waals surface area (Å²) < 4.78 is 11.2. The summed E-state index contributed by atoms with van der Waals surface area (Å²) in [7, 11) is 1.69. The van der Waals surface area contributed by atoms with Gasteiger partial charge < -0.3 is 19.7 Å². The van der Waals surface area contributed by atoms with Gasteiger partial charge in [-0.1, -0.05) is 6.07 Å². The lowest BCUT2D eigenvalue weighted by Gasteiger charge is -2.32. The van der Waals surface area contributed by atoms with Crippen LogP contribution in [0.25, 0.3) is 0 Å². The molecule has 148 valence electrons. The Bertz CT molecular complexity index is 877. The van der Waals surface area contributed by atoms with Gasteiger partial charge in [0.25, 0.3) is 5.91 Å². The molecule has 0 bridgehead atoms. The third kappa shape index (κ3) is 4.24. The van der Waals surface area contributed by atoms with Crippen LogP contribution in [-0.2, 0) is 9.53 Å². The minimum absolute atomic E-state index is 0.203. The van der Waals surface area contributed by atoms with E-state index in [1.165, 1.54) is 4.90 Å². The van der Waals surface area contributed by atoms with Crippen molar-refractivity contribution in [2.24, 2.45) is 0 Å². The molecule has 2 amide bonds. The van der Waals surface area contributed by atoms with Crippen molar-refractivity contribution in [1.82, 2.24) is 9.88 Å². The molecule has 7 nitrogen and oxygen atoms in total. The van der Waals surface area contributed by atoms with Crippen molar-refractivity contribution < 1.29 is 19.1 Å². The van der Waals surface area contributed by atoms with E-state index in [1.807, 2.05) is 45.0 Å². The van der Waals surface area contributed by atoms with Crippen molar-refractivity contribution in [1.29, 1.82) is 0 Å². The molecule has 0 aliphatic carbocycles. The maximum Gasteiger partial charge on any atom is 0.410 e. The molecule has 2 aromatic rings. The van der Waals surface area contributed by atoms with E-state index in [0.717, 1.165) is 11.1 Å². The number of nitrogens with one attached hydrogen (secondary N) is 1. The lowest BCUT2D eigenvalue weighted by Crippen LogP contribution is -2.37. The molecule has 0 spiro atoms. The molecule has 3 rings (SSSR count). The van der Waals surface area contributed by atoms with E-state index in [0.29, 0.717) is 11.4 Å². The van der Waals surface area contributed by atoms with Crippen LogP contribution in [-0.4, -0.2) is 40.6 Å². The Morgan fingerprint density at radius 3 is 2.54 bits per heavy atom. The molecular formula is C21H25N3O4. The molecule has 1 aliphatic rings. The number of carbonyl (C=O) groups is 2. The average molecular weight is 383 g/mol. The van der Waals surface area contributed by atoms with Crippen LogP contribution in [0.2, 0.25) is 0 Å². The summed E-state index contributed by atoms with van der Waals surface area (Å²) in [5.41, 5.74) is 1.66. The molecular weight excluding hydrogens is 358 g/mol. The van der Waals surface area contributed by atoms with E-state index in [9.17, 15) is 9.59 Å². The number of aromatic nitrogens is 1. The quantitative estimate of drug-likeness (QED) is 0.873. The summed E-state index contributed by atoms with van der Waals surface area (Å²) in [5, 5.41) is 2.85. The van der Waals surface area contributed by atoms with Gasteiger partial charge in [-0.25, -0.2) is 4.79 Å². The summed E-state index contributed by atoms with van der Waals surface area (Å²) in [6, 6.07) is 8.79. The molecule has 28 heavy (non-hydrogen) atoms. The van der Waals surface area contributed by atoms with Crippen molar-refractivity contribution in [3.8, 4) is 5.75 Å². The number of fused-ring (bicyclic) bond motifs is 1. The molecule has 0 fully saturated rings. The highest BCUT2D eigenvalue weighted by molar-refractivity contribution is 5.97. The van der Waals surface area contributed by atoms with Crippen molar-refractivity contribution >= 4 is 17.7 Å². The molecule has 2 atom stereocenters. The number of hydrogen-bond acceptors (Lipinski definition) is 5. The fraction of sp³-hybridized carbons (Fsp3) is 0.381. The Balaban J connectivity index is 2.00. The third-order valence-corrected chi connectivity index (χ3v) is 4.34. The predicted octanol–water partition coefficient (Wildman–Crippen LogP) is 3.76. The van der Waals surface area contributed by atoms with E-state index in [4.69, 9.17) is 9.47 Å². The van der Waals surface area contributed by atoms with Gasteiger partial charge in [-0.3, -0.25) is 9.78 Å². The normalized spacial score (nSPS) is 17.0. The molecule has 2 heterocycles. The van der Waals surface area contributed by atoms with E-state index in [2.05, 4.69) is 10.3 Å². The highest BCUT2D eigenvalue weighted by Crippen LogP contribution is 2.36. The Hall–Kier alpha value is -3.09. The lowest BCUT2D eigenvalue weighted by atomic mass is 9.97. The van der Waals surface area contributed by atoms with Crippen molar-refractivity contribution in [3.63, 3.8) is 0 Å². The van der Waals surface area contributed by atoms with Crippen LogP contribution in [0.5, 0.6) is 5.75 Å². The number of nitrogens with zero attached hydrogens (tertiary/aromatic N) is 2. The first-order valence-electron chi connectivity index (χ1n) is 9.13. The highest BCUT2D eigenvalue weighted by atomic mass is 16.6. The van der Waals surface area contributed by atoms with Gasteiger partial charge in [-0.2, -0.15) is 0 Å². The number of benzene rings is 1. The maximum absolute atomic E-state index is 12.7. The van der Waals surface area contributed by atoms with Crippen LogP contribution in [0, 0.1) is 0 Å². The van der Waals surface area contributed by atoms with Gasteiger partial charge in [-0.05, 0) is 63.1 Å². The summed E-state index contributed by atoms with van der Waals surface area (Å²) in [4.78, 5) is 30.3. The van der Waals surface area contributed by atoms with Gasteiger partial charge in [0.05, 0.1) is 11.7 Å². The number of ether oxygens (including phenoxy) is 2. The second-order valence-corrected chi connectivity index (χ2v) is 7.78. The van der Waals surface area contributed by atoms with E-state index in [-0.39, 0.29) is 5.91 Å². The number of hydrogen-bond donors (Lipinski definition) is 1. The second kappa shape index (κ2) is 7.50. The monoisotopic (exact) mass is 383 g/mol. The van der Waals surface area contributed by atoms with Crippen molar-refractivity contribution in [2.75, 3.05) is 12.4 Å². The number of rotatable bonds is 3. The Morgan fingerprint density at radius 2 is 1.89 bits per heavy atom. The Morgan fingerprint density at radius 1 is 1.21 bits per heavy atom. The smallest absolute Gasteiger partial charge is 0.410 e. The summed E-state index contributed by atoms with van der Waals surface area (Å²) in [6.45, 7) is 7.18. The average Bonchev–Trinajstić information content (AvgIpc) is 2.62. The van der Waals surface area contributed by atoms with Gasteiger partial charge in [0.2, 0.25) is 0 Å².